The number of amides is 2. The molecule has 4 nitrogen and oxygen atoms in total. The number of rotatable bonds is 4. The van der Waals surface area contributed by atoms with E-state index in [1.54, 1.807) is 6.92 Å². The molecule has 1 saturated heterocycles. The van der Waals surface area contributed by atoms with E-state index in [0.29, 0.717) is 6.42 Å². The molecule has 2 aliphatic rings. The molecule has 0 aromatic carbocycles. The van der Waals surface area contributed by atoms with Crippen molar-refractivity contribution in [1.29, 1.82) is 0 Å². The third-order valence-corrected chi connectivity index (χ3v) is 4.07. The Morgan fingerprint density at radius 1 is 1.35 bits per heavy atom. The summed E-state index contributed by atoms with van der Waals surface area (Å²) in [4.78, 5) is 25.3. The maximum atomic E-state index is 12.7. The molecule has 1 aliphatic carbocycles. The minimum Gasteiger partial charge on any atom is -0.340 e. The van der Waals surface area contributed by atoms with Crippen LogP contribution in [0.5, 0.6) is 0 Å². The molecule has 1 saturated carbocycles. The summed E-state index contributed by atoms with van der Waals surface area (Å²) in [7, 11) is 0. The van der Waals surface area contributed by atoms with E-state index in [-0.39, 0.29) is 12.3 Å². The molecule has 2 unspecified atom stereocenters. The van der Waals surface area contributed by atoms with Crippen LogP contribution < -0.4 is 5.32 Å². The number of carbonyl (C=O) groups is 2. The quantitative estimate of drug-likeness (QED) is 0.859. The molecule has 7 heteroatoms. The Bertz CT molecular complexity index is 420. The number of nitrogens with one attached hydrogen (secondary N) is 1. The van der Waals surface area contributed by atoms with Crippen LogP contribution in [0, 0.1) is 5.92 Å². The second-order valence-corrected chi connectivity index (χ2v) is 5.82. The van der Waals surface area contributed by atoms with Gasteiger partial charge >= 0.3 is 6.18 Å². The lowest BCUT2D eigenvalue weighted by Crippen LogP contribution is -2.71. The molecule has 1 N–H and O–H groups in total. The van der Waals surface area contributed by atoms with Crippen molar-refractivity contribution < 1.29 is 22.8 Å². The van der Waals surface area contributed by atoms with Gasteiger partial charge in [0.1, 0.15) is 18.1 Å². The third-order valence-electron chi connectivity index (χ3n) is 4.07. The van der Waals surface area contributed by atoms with Crippen molar-refractivity contribution in [1.82, 2.24) is 10.2 Å². The third kappa shape index (κ3) is 2.76. The summed E-state index contributed by atoms with van der Waals surface area (Å²) in [6, 6.07) is -1.01. The van der Waals surface area contributed by atoms with Gasteiger partial charge in [-0.1, -0.05) is 13.3 Å². The van der Waals surface area contributed by atoms with Crippen molar-refractivity contribution in [2.75, 3.05) is 6.54 Å². The SMILES string of the molecule is CCCC1C(=O)NC(C)(C2CC2)C(=O)N1CC(F)(F)F. The Labute approximate surface area is 115 Å². The van der Waals surface area contributed by atoms with Gasteiger partial charge in [-0.25, -0.2) is 0 Å². The van der Waals surface area contributed by atoms with Crippen LogP contribution in [0.2, 0.25) is 0 Å². The second kappa shape index (κ2) is 4.93. The van der Waals surface area contributed by atoms with Gasteiger partial charge in [-0.3, -0.25) is 9.59 Å². The van der Waals surface area contributed by atoms with Crippen LogP contribution in [-0.4, -0.2) is 41.0 Å². The molecule has 2 amide bonds. The van der Waals surface area contributed by atoms with E-state index >= 15 is 0 Å². The van der Waals surface area contributed by atoms with Gasteiger partial charge in [0.05, 0.1) is 0 Å². The Kier molecular flexibility index (Phi) is 3.73. The first-order valence-corrected chi connectivity index (χ1v) is 6.89. The average molecular weight is 292 g/mol. The van der Waals surface area contributed by atoms with Gasteiger partial charge < -0.3 is 10.2 Å². The highest BCUT2D eigenvalue weighted by Gasteiger charge is 2.56. The van der Waals surface area contributed by atoms with Gasteiger partial charge in [-0.05, 0) is 32.1 Å². The van der Waals surface area contributed by atoms with Crippen LogP contribution in [-0.2, 0) is 9.59 Å². The number of nitrogens with zero attached hydrogens (tertiary/aromatic N) is 1. The van der Waals surface area contributed by atoms with E-state index in [1.165, 1.54) is 6.92 Å². The number of piperazine rings is 1. The van der Waals surface area contributed by atoms with E-state index in [1.807, 2.05) is 0 Å². The minimum absolute atomic E-state index is 0.0442. The molecule has 1 aliphatic heterocycles. The Hall–Kier alpha value is -1.27. The van der Waals surface area contributed by atoms with Crippen LogP contribution in [0.1, 0.15) is 39.5 Å². The van der Waals surface area contributed by atoms with Crippen molar-refractivity contribution in [3.05, 3.63) is 0 Å². The van der Waals surface area contributed by atoms with E-state index in [2.05, 4.69) is 5.32 Å². The molecule has 0 bridgehead atoms. The van der Waals surface area contributed by atoms with Gasteiger partial charge in [0, 0.05) is 0 Å². The highest BCUT2D eigenvalue weighted by atomic mass is 19.4. The number of carbonyl (C=O) groups excluding carboxylic acids is 2. The maximum Gasteiger partial charge on any atom is 0.406 e. The molecule has 114 valence electrons. The molecule has 2 rings (SSSR count). The summed E-state index contributed by atoms with van der Waals surface area (Å²) in [6.45, 7) is 1.96. The van der Waals surface area contributed by atoms with Crippen molar-refractivity contribution in [2.24, 2.45) is 5.92 Å². The monoisotopic (exact) mass is 292 g/mol. The fourth-order valence-electron chi connectivity index (χ4n) is 2.85. The Morgan fingerprint density at radius 3 is 2.40 bits per heavy atom. The van der Waals surface area contributed by atoms with Crippen molar-refractivity contribution in [2.45, 2.75) is 57.3 Å². The molecule has 1 heterocycles. The minimum atomic E-state index is -4.50. The summed E-state index contributed by atoms with van der Waals surface area (Å²) < 4.78 is 38.1. The molecule has 0 aromatic rings. The maximum absolute atomic E-state index is 12.7. The first-order valence-electron chi connectivity index (χ1n) is 6.89. The topological polar surface area (TPSA) is 49.4 Å². The van der Waals surface area contributed by atoms with Crippen LogP contribution in [0.25, 0.3) is 0 Å². The zero-order chi connectivity index (χ0) is 15.1. The van der Waals surface area contributed by atoms with Gasteiger partial charge in [0.25, 0.3) is 0 Å². The fraction of sp³-hybridized carbons (Fsp3) is 0.846. The zero-order valence-electron chi connectivity index (χ0n) is 11.6. The summed E-state index contributed by atoms with van der Waals surface area (Å²) in [5.74, 6) is -1.11. The summed E-state index contributed by atoms with van der Waals surface area (Å²) in [6.07, 6.45) is -2.18. The number of halogens is 3. The van der Waals surface area contributed by atoms with Crippen molar-refractivity contribution in [3.63, 3.8) is 0 Å². The summed E-state index contributed by atoms with van der Waals surface area (Å²) >= 11 is 0. The van der Waals surface area contributed by atoms with Crippen LogP contribution in [0.3, 0.4) is 0 Å². The predicted octanol–water partition coefficient (Wildman–Crippen LogP) is 1.84. The van der Waals surface area contributed by atoms with Gasteiger partial charge in [0.2, 0.25) is 11.8 Å². The summed E-state index contributed by atoms with van der Waals surface area (Å²) in [5, 5.41) is 2.66. The first kappa shape index (κ1) is 15.1. The van der Waals surface area contributed by atoms with Crippen molar-refractivity contribution >= 4 is 11.8 Å². The van der Waals surface area contributed by atoms with Crippen LogP contribution in [0.4, 0.5) is 13.2 Å². The molecule has 20 heavy (non-hydrogen) atoms. The Balaban J connectivity index is 2.28. The largest absolute Gasteiger partial charge is 0.406 e. The standard InChI is InChI=1S/C13H19F3N2O2/c1-3-4-9-10(19)17-12(2,8-5-6-8)11(20)18(9)7-13(14,15)16/h8-9H,3-7H2,1-2H3,(H,17,19). The molecular weight excluding hydrogens is 273 g/mol. The number of alkyl halides is 3. The van der Waals surface area contributed by atoms with Gasteiger partial charge in [-0.15, -0.1) is 0 Å². The lowest BCUT2D eigenvalue weighted by molar-refractivity contribution is -0.178. The predicted molar refractivity (Wildman–Crippen MR) is 65.7 cm³/mol. The normalized spacial score (nSPS) is 31.4. The lowest BCUT2D eigenvalue weighted by atomic mass is 9.88. The number of hydrogen-bond donors (Lipinski definition) is 1. The average Bonchev–Trinajstić information content (AvgIpc) is 3.13. The molecule has 2 atom stereocenters. The summed E-state index contributed by atoms with van der Waals surface area (Å²) in [5.41, 5.74) is -1.17. The first-order chi connectivity index (χ1) is 9.19. The smallest absolute Gasteiger partial charge is 0.340 e. The second-order valence-electron chi connectivity index (χ2n) is 5.82. The van der Waals surface area contributed by atoms with Crippen LogP contribution in [0.15, 0.2) is 0 Å². The van der Waals surface area contributed by atoms with E-state index in [4.69, 9.17) is 0 Å². The van der Waals surface area contributed by atoms with E-state index in [9.17, 15) is 22.8 Å². The Morgan fingerprint density at radius 2 is 1.95 bits per heavy atom. The highest BCUT2D eigenvalue weighted by Crippen LogP contribution is 2.42. The number of hydrogen-bond acceptors (Lipinski definition) is 2. The lowest BCUT2D eigenvalue weighted by Gasteiger charge is -2.44. The molecule has 0 spiro atoms. The highest BCUT2D eigenvalue weighted by molar-refractivity contribution is 6.00. The molecule has 2 fully saturated rings. The van der Waals surface area contributed by atoms with E-state index in [0.717, 1.165) is 17.7 Å². The van der Waals surface area contributed by atoms with Crippen LogP contribution >= 0.6 is 0 Å². The molecular formula is C13H19F3N2O2. The molecule has 0 aromatic heterocycles. The zero-order valence-corrected chi connectivity index (χ0v) is 11.6. The van der Waals surface area contributed by atoms with E-state index < -0.39 is 36.1 Å². The van der Waals surface area contributed by atoms with Gasteiger partial charge in [-0.2, -0.15) is 13.2 Å². The fourth-order valence-corrected chi connectivity index (χ4v) is 2.85. The molecule has 0 radical (unpaired) electrons. The van der Waals surface area contributed by atoms with Gasteiger partial charge in [0.15, 0.2) is 0 Å². The van der Waals surface area contributed by atoms with Crippen molar-refractivity contribution in [3.8, 4) is 0 Å².